The van der Waals surface area contributed by atoms with Crippen LogP contribution in [0.1, 0.15) is 5.56 Å². The van der Waals surface area contributed by atoms with Gasteiger partial charge in [-0.15, -0.1) is 0 Å². The van der Waals surface area contributed by atoms with Crippen LogP contribution in [0.2, 0.25) is 0 Å². The van der Waals surface area contributed by atoms with Crippen molar-refractivity contribution in [3.05, 3.63) is 78.4 Å². The average molecular weight is 540 g/mol. The Morgan fingerprint density at radius 1 is 1.00 bits per heavy atom. The number of hydrogen-bond donors (Lipinski definition) is 1. The van der Waals surface area contributed by atoms with E-state index < -0.39 is 28.6 Å². The van der Waals surface area contributed by atoms with Gasteiger partial charge in [0, 0.05) is 19.7 Å². The molecule has 1 atom stereocenters. The number of rotatable bonds is 9. The quantitative estimate of drug-likeness (QED) is 0.444. The highest BCUT2D eigenvalue weighted by Gasteiger charge is 2.35. The summed E-state index contributed by atoms with van der Waals surface area (Å²) in [7, 11) is 0.140. The second-order valence-electron chi connectivity index (χ2n) is 8.56. The molecular weight excluding hydrogens is 510 g/mol. The molecule has 0 aliphatic carbocycles. The molecular formula is C27H29N3O7S. The second kappa shape index (κ2) is 11.5. The third-order valence-electron chi connectivity index (χ3n) is 6.10. The van der Waals surface area contributed by atoms with E-state index in [1.807, 2.05) is 30.3 Å². The Morgan fingerprint density at radius 2 is 1.68 bits per heavy atom. The lowest BCUT2D eigenvalue weighted by Gasteiger charge is -2.35. The molecule has 0 aromatic heterocycles. The maximum atomic E-state index is 13.4. The zero-order valence-electron chi connectivity index (χ0n) is 21.3. The van der Waals surface area contributed by atoms with Gasteiger partial charge < -0.3 is 24.4 Å². The van der Waals surface area contributed by atoms with E-state index in [1.54, 1.807) is 24.3 Å². The molecule has 2 amide bonds. The maximum absolute atomic E-state index is 13.4. The zero-order chi connectivity index (χ0) is 27.3. The smallest absolute Gasteiger partial charge is 0.263 e. The monoisotopic (exact) mass is 539 g/mol. The molecule has 3 aromatic carbocycles. The summed E-state index contributed by atoms with van der Waals surface area (Å²) < 4.78 is 43.7. The predicted molar refractivity (Wildman–Crippen MR) is 141 cm³/mol. The van der Waals surface area contributed by atoms with Gasteiger partial charge in [0.25, 0.3) is 5.91 Å². The van der Waals surface area contributed by atoms with Crippen molar-refractivity contribution >= 4 is 27.5 Å². The predicted octanol–water partition coefficient (Wildman–Crippen LogP) is 2.43. The largest absolute Gasteiger partial charge is 0.493 e. The van der Waals surface area contributed by atoms with E-state index in [9.17, 15) is 18.0 Å². The molecule has 1 aliphatic heterocycles. The first-order chi connectivity index (χ1) is 18.2. The molecule has 11 heteroatoms. The number of amides is 2. The number of carbonyl (C=O) groups is 2. The minimum absolute atomic E-state index is 0.0500. The summed E-state index contributed by atoms with van der Waals surface area (Å²) in [5.41, 5.74) is 1.38. The standard InChI is InChI=1S/C27H29N3O7S/c1-29(38(33,34)20-13-14-23(35-2)24(15-20)36-3)18-26(31)30-17-25(37-22-12-8-7-11-21(22)30)27(32)28-16-19-9-5-4-6-10-19/h4-15,25H,16-18H2,1-3H3,(H,28,32)/t25-/m0/s1. The number of para-hydroxylation sites is 2. The van der Waals surface area contributed by atoms with Crippen molar-refractivity contribution in [1.82, 2.24) is 9.62 Å². The number of nitrogens with one attached hydrogen (secondary N) is 1. The SMILES string of the molecule is COc1ccc(S(=O)(=O)N(C)CC(=O)N2C[C@@H](C(=O)NCc3ccccc3)Oc3ccccc32)cc1OC. The number of anilines is 1. The van der Waals surface area contributed by atoms with Crippen molar-refractivity contribution in [2.24, 2.45) is 0 Å². The first-order valence-corrected chi connectivity index (χ1v) is 13.2. The van der Waals surface area contributed by atoms with Crippen LogP contribution in [-0.4, -0.2) is 65.0 Å². The summed E-state index contributed by atoms with van der Waals surface area (Å²) in [6.45, 7) is -0.217. The molecule has 1 N–H and O–H groups in total. The van der Waals surface area contributed by atoms with Crippen molar-refractivity contribution in [3.63, 3.8) is 0 Å². The van der Waals surface area contributed by atoms with Crippen molar-refractivity contribution in [2.45, 2.75) is 17.5 Å². The van der Waals surface area contributed by atoms with Crippen LogP contribution in [0.25, 0.3) is 0 Å². The number of ether oxygens (including phenoxy) is 3. The topological polar surface area (TPSA) is 114 Å². The number of sulfonamides is 1. The minimum atomic E-state index is -4.04. The van der Waals surface area contributed by atoms with Crippen molar-refractivity contribution < 1.29 is 32.2 Å². The molecule has 0 spiro atoms. The van der Waals surface area contributed by atoms with E-state index in [1.165, 1.54) is 44.4 Å². The summed E-state index contributed by atoms with van der Waals surface area (Å²) in [4.78, 5) is 27.7. The first kappa shape index (κ1) is 27.0. The number of likely N-dealkylation sites (N-methyl/N-ethyl adjacent to an activating group) is 1. The second-order valence-corrected chi connectivity index (χ2v) is 10.6. The number of carbonyl (C=O) groups excluding carboxylic acids is 2. The van der Waals surface area contributed by atoms with Crippen molar-refractivity contribution in [1.29, 1.82) is 0 Å². The summed E-state index contributed by atoms with van der Waals surface area (Å²) in [5, 5.41) is 2.84. The van der Waals surface area contributed by atoms with Gasteiger partial charge in [0.1, 0.15) is 5.75 Å². The Kier molecular flexibility index (Phi) is 8.18. The van der Waals surface area contributed by atoms with Crippen LogP contribution in [0.5, 0.6) is 17.2 Å². The van der Waals surface area contributed by atoms with Crippen LogP contribution in [-0.2, 0) is 26.2 Å². The highest BCUT2D eigenvalue weighted by molar-refractivity contribution is 7.89. The summed E-state index contributed by atoms with van der Waals surface area (Å²) >= 11 is 0. The van der Waals surface area contributed by atoms with E-state index in [4.69, 9.17) is 14.2 Å². The molecule has 0 saturated heterocycles. The lowest BCUT2D eigenvalue weighted by atomic mass is 10.1. The van der Waals surface area contributed by atoms with Gasteiger partial charge in [0.05, 0.1) is 37.9 Å². The Labute approximate surface area is 221 Å². The Balaban J connectivity index is 1.50. The number of hydrogen-bond acceptors (Lipinski definition) is 7. The summed E-state index contributed by atoms with van der Waals surface area (Å²) in [5.74, 6) is 0.101. The molecule has 0 unspecified atom stereocenters. The number of methoxy groups -OCH3 is 2. The molecule has 200 valence electrons. The number of nitrogens with zero attached hydrogens (tertiary/aromatic N) is 2. The van der Waals surface area contributed by atoms with Gasteiger partial charge in [-0.05, 0) is 29.8 Å². The van der Waals surface area contributed by atoms with Crippen LogP contribution < -0.4 is 24.4 Å². The maximum Gasteiger partial charge on any atom is 0.263 e. The highest BCUT2D eigenvalue weighted by Crippen LogP contribution is 2.34. The third-order valence-corrected chi connectivity index (χ3v) is 7.90. The lowest BCUT2D eigenvalue weighted by molar-refractivity contribution is -0.128. The number of fused-ring (bicyclic) bond motifs is 1. The average Bonchev–Trinajstić information content (AvgIpc) is 2.95. The molecule has 0 fully saturated rings. The van der Waals surface area contributed by atoms with E-state index >= 15 is 0 Å². The van der Waals surface area contributed by atoms with E-state index in [0.29, 0.717) is 23.7 Å². The van der Waals surface area contributed by atoms with Gasteiger partial charge in [-0.25, -0.2) is 8.42 Å². The molecule has 0 radical (unpaired) electrons. The van der Waals surface area contributed by atoms with Crippen LogP contribution in [0, 0.1) is 0 Å². The zero-order valence-corrected chi connectivity index (χ0v) is 22.1. The summed E-state index contributed by atoms with van der Waals surface area (Å²) in [6.07, 6.45) is -0.967. The van der Waals surface area contributed by atoms with Gasteiger partial charge in [0.2, 0.25) is 15.9 Å². The Morgan fingerprint density at radius 3 is 2.39 bits per heavy atom. The van der Waals surface area contributed by atoms with E-state index in [-0.39, 0.29) is 23.1 Å². The van der Waals surface area contributed by atoms with Gasteiger partial charge in [-0.1, -0.05) is 42.5 Å². The molecule has 4 rings (SSSR count). The van der Waals surface area contributed by atoms with Gasteiger partial charge in [0.15, 0.2) is 17.6 Å². The first-order valence-electron chi connectivity index (χ1n) is 11.8. The minimum Gasteiger partial charge on any atom is -0.493 e. The molecule has 3 aromatic rings. The van der Waals surface area contributed by atoms with Gasteiger partial charge in [-0.3, -0.25) is 9.59 Å². The Bertz CT molecular complexity index is 1410. The molecule has 0 saturated carbocycles. The molecule has 38 heavy (non-hydrogen) atoms. The van der Waals surface area contributed by atoms with E-state index in [2.05, 4.69) is 5.32 Å². The Hall–Kier alpha value is -4.09. The van der Waals surface area contributed by atoms with Crippen molar-refractivity contribution in [2.75, 3.05) is 39.3 Å². The molecule has 0 bridgehead atoms. The van der Waals surface area contributed by atoms with Crippen molar-refractivity contribution in [3.8, 4) is 17.2 Å². The van der Waals surface area contributed by atoms with Gasteiger partial charge >= 0.3 is 0 Å². The molecule has 1 aliphatic rings. The van der Waals surface area contributed by atoms with Crippen LogP contribution in [0.15, 0.2) is 77.7 Å². The molecule has 1 heterocycles. The van der Waals surface area contributed by atoms with Crippen LogP contribution >= 0.6 is 0 Å². The number of benzene rings is 3. The lowest BCUT2D eigenvalue weighted by Crippen LogP contribution is -2.52. The third kappa shape index (κ3) is 5.74. The van der Waals surface area contributed by atoms with Crippen LogP contribution in [0.4, 0.5) is 5.69 Å². The normalized spacial score (nSPS) is 14.8. The van der Waals surface area contributed by atoms with Gasteiger partial charge in [-0.2, -0.15) is 4.31 Å². The summed E-state index contributed by atoms with van der Waals surface area (Å²) in [6, 6.07) is 20.5. The fourth-order valence-corrected chi connectivity index (χ4v) is 5.16. The fraction of sp³-hybridized carbons (Fsp3) is 0.259. The van der Waals surface area contributed by atoms with Crippen LogP contribution in [0.3, 0.4) is 0 Å². The van der Waals surface area contributed by atoms with E-state index in [0.717, 1.165) is 9.87 Å². The highest BCUT2D eigenvalue weighted by atomic mass is 32.2. The molecule has 10 nitrogen and oxygen atoms in total. The fourth-order valence-electron chi connectivity index (χ4n) is 4.02.